The van der Waals surface area contributed by atoms with Crippen molar-refractivity contribution in [2.45, 2.75) is 110 Å². The van der Waals surface area contributed by atoms with E-state index < -0.39 is 0 Å². The summed E-state index contributed by atoms with van der Waals surface area (Å²) in [5, 5.41) is 0. The van der Waals surface area contributed by atoms with Gasteiger partial charge in [-0.1, -0.05) is 104 Å². The number of thioether (sulfide) groups is 1. The molecule has 127 valence electrons. The molecule has 0 atom stereocenters. The van der Waals surface area contributed by atoms with Crippen molar-refractivity contribution in [3.8, 4) is 0 Å². The molecule has 0 saturated carbocycles. The van der Waals surface area contributed by atoms with Gasteiger partial charge in [-0.05, 0) is 24.3 Å². The Labute approximate surface area is 140 Å². The molecule has 0 aromatic heterocycles. The van der Waals surface area contributed by atoms with Crippen LogP contribution in [-0.2, 0) is 0 Å². The fourth-order valence-corrected chi connectivity index (χ4v) is 3.73. The topological polar surface area (TPSA) is 0 Å². The van der Waals surface area contributed by atoms with E-state index in [4.69, 9.17) is 0 Å². The maximum atomic E-state index is 3.88. The molecule has 0 aliphatic rings. The van der Waals surface area contributed by atoms with Crippen molar-refractivity contribution in [3.05, 3.63) is 6.92 Å². The van der Waals surface area contributed by atoms with Crippen LogP contribution < -0.4 is 0 Å². The van der Waals surface area contributed by atoms with E-state index in [1.807, 2.05) is 0 Å². The molecule has 0 aromatic rings. The minimum atomic E-state index is 1.10. The summed E-state index contributed by atoms with van der Waals surface area (Å²) < 4.78 is 0. The van der Waals surface area contributed by atoms with Crippen LogP contribution in [0.3, 0.4) is 0 Å². The summed E-state index contributed by atoms with van der Waals surface area (Å²) in [5.74, 6) is 2.69. The Morgan fingerprint density at radius 2 is 0.905 bits per heavy atom. The molecule has 0 nitrogen and oxygen atoms in total. The second-order valence-electron chi connectivity index (χ2n) is 6.42. The molecule has 0 N–H and O–H groups in total. The fraction of sp³-hybridized carbons (Fsp3) is 0.950. The summed E-state index contributed by atoms with van der Waals surface area (Å²) in [7, 11) is 0. The molecule has 0 aliphatic heterocycles. The highest BCUT2D eigenvalue weighted by Crippen LogP contribution is 2.14. The molecular weight excluding hydrogens is 272 g/mol. The zero-order chi connectivity index (χ0) is 15.4. The third kappa shape index (κ3) is 20.4. The molecule has 0 heterocycles. The van der Waals surface area contributed by atoms with Gasteiger partial charge in [0.25, 0.3) is 0 Å². The molecule has 0 unspecified atom stereocenters. The van der Waals surface area contributed by atoms with Gasteiger partial charge in [0, 0.05) is 0 Å². The smallest absolute Gasteiger partial charge is 0.00675 e. The molecule has 21 heavy (non-hydrogen) atoms. The summed E-state index contributed by atoms with van der Waals surface area (Å²) in [4.78, 5) is 0. The van der Waals surface area contributed by atoms with Crippen molar-refractivity contribution < 1.29 is 0 Å². The summed E-state index contributed by atoms with van der Waals surface area (Å²) in [6.45, 7) is 6.18. The Kier molecular flexibility index (Phi) is 20.7. The van der Waals surface area contributed by atoms with Crippen molar-refractivity contribution in [3.63, 3.8) is 0 Å². The van der Waals surface area contributed by atoms with E-state index in [-0.39, 0.29) is 0 Å². The van der Waals surface area contributed by atoms with Crippen LogP contribution >= 0.6 is 11.8 Å². The van der Waals surface area contributed by atoms with E-state index >= 15 is 0 Å². The van der Waals surface area contributed by atoms with Crippen LogP contribution in [-0.4, -0.2) is 11.5 Å². The zero-order valence-corrected chi connectivity index (χ0v) is 15.7. The molecule has 1 radical (unpaired) electrons. The lowest BCUT2D eigenvalue weighted by Gasteiger charge is -2.03. The zero-order valence-electron chi connectivity index (χ0n) is 14.8. The number of unbranched alkanes of at least 4 members (excludes halogenated alkanes) is 14. The summed E-state index contributed by atoms with van der Waals surface area (Å²) in [5.41, 5.74) is 0. The lowest BCUT2D eigenvalue weighted by molar-refractivity contribution is 0.538. The maximum Gasteiger partial charge on any atom is -0.00675 e. The van der Waals surface area contributed by atoms with Crippen LogP contribution in [0.2, 0.25) is 0 Å². The van der Waals surface area contributed by atoms with Gasteiger partial charge in [0.05, 0.1) is 0 Å². The van der Waals surface area contributed by atoms with Gasteiger partial charge in [-0.15, -0.1) is 0 Å². The van der Waals surface area contributed by atoms with Crippen LogP contribution in [0, 0.1) is 6.92 Å². The normalized spacial score (nSPS) is 11.1. The van der Waals surface area contributed by atoms with Gasteiger partial charge >= 0.3 is 0 Å². The van der Waals surface area contributed by atoms with Crippen LogP contribution in [0.4, 0.5) is 0 Å². The van der Waals surface area contributed by atoms with E-state index in [1.54, 1.807) is 0 Å². The second-order valence-corrected chi connectivity index (χ2v) is 7.64. The molecule has 0 saturated heterocycles. The molecular formula is C20H41S. The first-order chi connectivity index (χ1) is 10.4. The predicted molar refractivity (Wildman–Crippen MR) is 102 cm³/mol. The molecule has 0 aliphatic carbocycles. The third-order valence-corrected chi connectivity index (χ3v) is 5.34. The lowest BCUT2D eigenvalue weighted by atomic mass is 10.0. The third-order valence-electron chi connectivity index (χ3n) is 4.18. The van der Waals surface area contributed by atoms with Crippen molar-refractivity contribution in [1.82, 2.24) is 0 Å². The summed E-state index contributed by atoms with van der Waals surface area (Å²) in [6, 6.07) is 0. The lowest BCUT2D eigenvalue weighted by Crippen LogP contribution is -1.86. The van der Waals surface area contributed by atoms with Gasteiger partial charge in [0.2, 0.25) is 0 Å². The fourth-order valence-electron chi connectivity index (χ4n) is 2.70. The van der Waals surface area contributed by atoms with E-state index in [2.05, 4.69) is 25.6 Å². The SMILES string of the molecule is [CH2]CCCSCCCCCCCCCCCCCCCC. The molecule has 0 fully saturated rings. The van der Waals surface area contributed by atoms with Gasteiger partial charge in [-0.3, -0.25) is 0 Å². The minimum Gasteiger partial charge on any atom is -0.162 e. The summed E-state index contributed by atoms with van der Waals surface area (Å²) >= 11 is 2.12. The van der Waals surface area contributed by atoms with E-state index in [0.717, 1.165) is 6.42 Å². The van der Waals surface area contributed by atoms with Gasteiger partial charge in [-0.25, -0.2) is 0 Å². The van der Waals surface area contributed by atoms with Crippen LogP contribution in [0.1, 0.15) is 110 Å². The molecule has 0 rings (SSSR count). The first-order valence-electron chi connectivity index (χ1n) is 9.78. The highest BCUT2D eigenvalue weighted by Gasteiger charge is 1.94. The average molecular weight is 314 g/mol. The second kappa shape index (κ2) is 20.3. The number of hydrogen-bond acceptors (Lipinski definition) is 1. The van der Waals surface area contributed by atoms with Gasteiger partial charge in [0.1, 0.15) is 0 Å². The van der Waals surface area contributed by atoms with Crippen molar-refractivity contribution in [1.29, 1.82) is 0 Å². The Balaban J connectivity index is 2.90. The molecule has 0 bridgehead atoms. The number of rotatable bonds is 18. The van der Waals surface area contributed by atoms with Gasteiger partial charge in [0.15, 0.2) is 0 Å². The average Bonchev–Trinajstić information content (AvgIpc) is 2.50. The maximum absolute atomic E-state index is 3.88. The molecule has 1 heteroatoms. The largest absolute Gasteiger partial charge is 0.162 e. The number of hydrogen-bond donors (Lipinski definition) is 0. The van der Waals surface area contributed by atoms with Crippen molar-refractivity contribution in [2.75, 3.05) is 11.5 Å². The van der Waals surface area contributed by atoms with Crippen LogP contribution in [0.15, 0.2) is 0 Å². The summed E-state index contributed by atoms with van der Waals surface area (Å²) in [6.07, 6.45) is 22.8. The minimum absolute atomic E-state index is 1.10. The first-order valence-corrected chi connectivity index (χ1v) is 10.9. The molecule has 0 spiro atoms. The molecule has 0 aromatic carbocycles. The van der Waals surface area contributed by atoms with E-state index in [9.17, 15) is 0 Å². The Hall–Kier alpha value is 0.350. The van der Waals surface area contributed by atoms with E-state index in [0.29, 0.717) is 0 Å². The van der Waals surface area contributed by atoms with Crippen LogP contribution in [0.5, 0.6) is 0 Å². The quantitative estimate of drug-likeness (QED) is 0.232. The van der Waals surface area contributed by atoms with Crippen molar-refractivity contribution >= 4 is 11.8 Å². The van der Waals surface area contributed by atoms with Gasteiger partial charge in [-0.2, -0.15) is 11.8 Å². The Morgan fingerprint density at radius 3 is 1.33 bits per heavy atom. The van der Waals surface area contributed by atoms with Gasteiger partial charge < -0.3 is 0 Å². The molecule has 0 amide bonds. The first kappa shape index (κ1) is 21.4. The standard InChI is InChI=1S/C20H41S/c1-3-5-7-8-9-10-11-12-13-14-15-16-17-18-20-21-19-6-4-2/h2-20H2,1H3. The highest BCUT2D eigenvalue weighted by molar-refractivity contribution is 7.99. The van der Waals surface area contributed by atoms with Crippen LogP contribution in [0.25, 0.3) is 0 Å². The Morgan fingerprint density at radius 1 is 0.524 bits per heavy atom. The van der Waals surface area contributed by atoms with E-state index in [1.165, 1.54) is 108 Å². The Bertz CT molecular complexity index is 149. The highest BCUT2D eigenvalue weighted by atomic mass is 32.2. The predicted octanol–water partition coefficient (Wildman–Crippen LogP) is 7.82. The monoisotopic (exact) mass is 313 g/mol. The van der Waals surface area contributed by atoms with Crippen molar-refractivity contribution in [2.24, 2.45) is 0 Å².